The Labute approximate surface area is 239 Å². The number of nitrogens with zero attached hydrogens (tertiary/aromatic N) is 6. The maximum absolute atomic E-state index is 13.2. The van der Waals surface area contributed by atoms with E-state index in [2.05, 4.69) is 45.9 Å². The monoisotopic (exact) mass is 558 g/mol. The average Bonchev–Trinajstić information content (AvgIpc) is 3.66. The number of pyridine rings is 4. The van der Waals surface area contributed by atoms with Crippen molar-refractivity contribution in [2.75, 3.05) is 41.7 Å². The Hall–Kier alpha value is -5.62. The van der Waals surface area contributed by atoms with Crippen molar-refractivity contribution < 1.29 is 9.59 Å². The fourth-order valence-corrected chi connectivity index (χ4v) is 5.10. The molecule has 6 aromatic heterocycles. The van der Waals surface area contributed by atoms with Crippen molar-refractivity contribution >= 4 is 45.6 Å². The number of rotatable bonds is 6. The van der Waals surface area contributed by atoms with Crippen molar-refractivity contribution in [3.05, 3.63) is 97.0 Å². The van der Waals surface area contributed by atoms with Crippen molar-refractivity contribution in [3.63, 3.8) is 0 Å². The Morgan fingerprint density at radius 3 is 2.62 bits per heavy atom. The zero-order valence-electron chi connectivity index (χ0n) is 22.4. The first-order chi connectivity index (χ1) is 20.6. The van der Waals surface area contributed by atoms with Crippen LogP contribution in [-0.2, 0) is 0 Å². The molecule has 1 fully saturated rings. The van der Waals surface area contributed by atoms with Crippen LogP contribution in [0.2, 0.25) is 0 Å². The highest BCUT2D eigenvalue weighted by Crippen LogP contribution is 2.31. The Balaban J connectivity index is 1.16. The fraction of sp³-hybridized carbons (Fsp3) is 0.133. The highest BCUT2D eigenvalue weighted by molar-refractivity contribution is 6.09. The summed E-state index contributed by atoms with van der Waals surface area (Å²) in [6.07, 6.45) is 11.7. The molecule has 6 aromatic rings. The van der Waals surface area contributed by atoms with Gasteiger partial charge in [0.15, 0.2) is 0 Å². The van der Waals surface area contributed by atoms with Gasteiger partial charge in [-0.3, -0.25) is 14.6 Å². The molecule has 0 bridgehead atoms. The lowest BCUT2D eigenvalue weighted by molar-refractivity contribution is 0.101. The van der Waals surface area contributed by atoms with Crippen LogP contribution >= 0.6 is 0 Å². The topological polar surface area (TPSA) is 145 Å². The third-order valence-electron chi connectivity index (χ3n) is 7.23. The Bertz CT molecular complexity index is 1930. The van der Waals surface area contributed by atoms with Gasteiger partial charge >= 0.3 is 0 Å². The summed E-state index contributed by atoms with van der Waals surface area (Å²) in [5.74, 6) is 0.267. The van der Waals surface area contributed by atoms with E-state index in [0.29, 0.717) is 33.7 Å². The van der Waals surface area contributed by atoms with Gasteiger partial charge in [0.2, 0.25) is 0 Å². The maximum atomic E-state index is 13.2. The first-order valence-corrected chi connectivity index (χ1v) is 13.5. The summed E-state index contributed by atoms with van der Waals surface area (Å²) >= 11 is 0. The number of aromatic amines is 1. The van der Waals surface area contributed by atoms with E-state index >= 15 is 0 Å². The second-order valence-electron chi connectivity index (χ2n) is 9.92. The molecule has 42 heavy (non-hydrogen) atoms. The minimum Gasteiger partial charge on any atom is -0.354 e. The number of aromatic nitrogens is 6. The van der Waals surface area contributed by atoms with E-state index in [4.69, 9.17) is 0 Å². The van der Waals surface area contributed by atoms with Crippen LogP contribution in [0.15, 0.2) is 85.8 Å². The summed E-state index contributed by atoms with van der Waals surface area (Å²) in [5.41, 5.74) is 5.19. The molecule has 1 aliphatic rings. The van der Waals surface area contributed by atoms with Crippen molar-refractivity contribution in [3.8, 4) is 11.1 Å². The third-order valence-corrected chi connectivity index (χ3v) is 7.23. The molecule has 0 unspecified atom stereocenters. The zero-order chi connectivity index (χ0) is 28.5. The fourth-order valence-electron chi connectivity index (χ4n) is 5.10. The molecule has 4 N–H and O–H groups in total. The van der Waals surface area contributed by atoms with Crippen molar-refractivity contribution in [1.29, 1.82) is 0 Å². The molecular formula is C30H26N10O2. The molecule has 208 valence electrons. The van der Waals surface area contributed by atoms with Gasteiger partial charge in [-0.05, 0) is 48.0 Å². The molecule has 0 atom stereocenters. The molecule has 0 aromatic carbocycles. The second-order valence-corrected chi connectivity index (χ2v) is 9.92. The largest absolute Gasteiger partial charge is 0.354 e. The highest BCUT2D eigenvalue weighted by Gasteiger charge is 2.17. The molecule has 12 nitrogen and oxygen atoms in total. The van der Waals surface area contributed by atoms with E-state index in [9.17, 15) is 9.59 Å². The number of hydrogen-bond acceptors (Lipinski definition) is 8. The lowest BCUT2D eigenvalue weighted by atomic mass is 10.1. The van der Waals surface area contributed by atoms with E-state index in [0.717, 1.165) is 48.5 Å². The van der Waals surface area contributed by atoms with Crippen LogP contribution in [0.25, 0.3) is 27.7 Å². The number of piperazine rings is 1. The van der Waals surface area contributed by atoms with E-state index in [1.807, 2.05) is 36.7 Å². The summed E-state index contributed by atoms with van der Waals surface area (Å²) in [4.78, 5) is 44.6. The minimum atomic E-state index is -0.281. The van der Waals surface area contributed by atoms with Crippen LogP contribution in [-0.4, -0.2) is 67.5 Å². The molecule has 12 heteroatoms. The second kappa shape index (κ2) is 10.7. The molecule has 0 saturated carbocycles. The van der Waals surface area contributed by atoms with E-state index in [-0.39, 0.29) is 11.8 Å². The smallest absolute Gasteiger partial charge is 0.259 e. The number of H-pyrrole nitrogens is 1. The predicted octanol–water partition coefficient (Wildman–Crippen LogP) is 3.58. The average molecular weight is 559 g/mol. The number of fused-ring (bicyclic) bond motifs is 2. The summed E-state index contributed by atoms with van der Waals surface area (Å²) in [7, 11) is 0. The number of carbonyl (C=O) groups excluding carboxylic acids is 2. The molecule has 1 aliphatic heterocycles. The van der Waals surface area contributed by atoms with Gasteiger partial charge < -0.3 is 25.8 Å². The molecule has 7 rings (SSSR count). The van der Waals surface area contributed by atoms with Crippen LogP contribution in [0.5, 0.6) is 0 Å². The number of carbonyl (C=O) groups is 2. The summed E-state index contributed by atoms with van der Waals surface area (Å²) < 4.78 is 1.66. The van der Waals surface area contributed by atoms with Gasteiger partial charge in [-0.25, -0.2) is 14.5 Å². The standard InChI is InChI=1S/C30H26N10O2/c41-29(20-3-6-33-27(13-20)39-10-7-31-8-11-39)38-22-14-23-24(17-35-28(23)34-16-22)19-4-9-40-26(12-19)25(18-36-40)30(42)37-21-2-1-5-32-15-21/h1-6,9,12-18,31H,7-8,10-11H2,(H,34,35)(H,37,42)(H,38,41). The maximum Gasteiger partial charge on any atom is 0.259 e. The summed E-state index contributed by atoms with van der Waals surface area (Å²) in [5, 5.41) is 14.3. The van der Waals surface area contributed by atoms with Gasteiger partial charge in [-0.2, -0.15) is 5.10 Å². The van der Waals surface area contributed by atoms with Crippen molar-refractivity contribution in [2.24, 2.45) is 0 Å². The number of anilines is 3. The highest BCUT2D eigenvalue weighted by atomic mass is 16.2. The van der Waals surface area contributed by atoms with Crippen LogP contribution in [0.4, 0.5) is 17.2 Å². The van der Waals surface area contributed by atoms with Gasteiger partial charge in [-0.15, -0.1) is 0 Å². The first-order valence-electron chi connectivity index (χ1n) is 13.5. The molecule has 7 heterocycles. The van der Waals surface area contributed by atoms with E-state index < -0.39 is 0 Å². The molecule has 0 radical (unpaired) electrons. The van der Waals surface area contributed by atoms with E-state index in [1.165, 1.54) is 0 Å². The number of nitrogens with one attached hydrogen (secondary N) is 4. The normalized spacial score (nSPS) is 13.4. The quantitative estimate of drug-likeness (QED) is 0.243. The van der Waals surface area contributed by atoms with Gasteiger partial charge in [-0.1, -0.05) is 0 Å². The molecule has 2 amide bonds. The molecular weight excluding hydrogens is 532 g/mol. The van der Waals surface area contributed by atoms with Crippen LogP contribution in [0, 0.1) is 0 Å². The lowest BCUT2D eigenvalue weighted by Gasteiger charge is -2.28. The lowest BCUT2D eigenvalue weighted by Crippen LogP contribution is -2.43. The summed E-state index contributed by atoms with van der Waals surface area (Å²) in [6, 6.07) is 12.8. The summed E-state index contributed by atoms with van der Waals surface area (Å²) in [6.45, 7) is 3.46. The van der Waals surface area contributed by atoms with Crippen molar-refractivity contribution in [2.45, 2.75) is 0 Å². The SMILES string of the molecule is O=C(Nc1cnc2[nH]cc(-c3ccn4ncc(C(=O)Nc5cccnc5)c4c3)c2c1)c1ccnc(N2CCNCC2)c1. The Morgan fingerprint density at radius 1 is 0.881 bits per heavy atom. The van der Waals surface area contributed by atoms with Crippen molar-refractivity contribution in [1.82, 2.24) is 34.9 Å². The zero-order valence-corrected chi connectivity index (χ0v) is 22.4. The van der Waals surface area contributed by atoms with Gasteiger partial charge in [0, 0.05) is 67.5 Å². The molecule has 1 saturated heterocycles. The van der Waals surface area contributed by atoms with Gasteiger partial charge in [0.25, 0.3) is 11.8 Å². The predicted molar refractivity (Wildman–Crippen MR) is 160 cm³/mol. The van der Waals surface area contributed by atoms with Crippen LogP contribution in [0.3, 0.4) is 0 Å². The number of hydrogen-bond donors (Lipinski definition) is 4. The third kappa shape index (κ3) is 4.90. The van der Waals surface area contributed by atoms with E-state index in [1.54, 1.807) is 53.7 Å². The Kier molecular flexibility index (Phi) is 6.49. The van der Waals surface area contributed by atoms with Crippen LogP contribution in [0.1, 0.15) is 20.7 Å². The van der Waals surface area contributed by atoms with Gasteiger partial charge in [0.1, 0.15) is 11.5 Å². The minimum absolute atomic E-state index is 0.239. The molecule has 0 aliphatic carbocycles. The van der Waals surface area contributed by atoms with Crippen LogP contribution < -0.4 is 20.9 Å². The molecule has 0 spiro atoms. The first kappa shape index (κ1) is 25.4. The number of amides is 2. The van der Waals surface area contributed by atoms with Gasteiger partial charge in [0.05, 0.1) is 41.0 Å². The Morgan fingerprint density at radius 2 is 1.76 bits per heavy atom.